The summed E-state index contributed by atoms with van der Waals surface area (Å²) < 4.78 is 62.5. The maximum atomic E-state index is 12.5. The smallest absolute Gasteiger partial charge is 0.310 e. The van der Waals surface area contributed by atoms with Gasteiger partial charge in [0.05, 0.1) is 0 Å². The summed E-state index contributed by atoms with van der Waals surface area (Å²) >= 11 is 0. The van der Waals surface area contributed by atoms with Crippen LogP contribution in [0.4, 0.5) is 19.4 Å². The van der Waals surface area contributed by atoms with Crippen molar-refractivity contribution in [3.63, 3.8) is 0 Å². The van der Waals surface area contributed by atoms with Crippen LogP contribution in [0.2, 0.25) is 0 Å². The van der Waals surface area contributed by atoms with Crippen LogP contribution in [0, 0.1) is 0 Å². The van der Waals surface area contributed by atoms with Gasteiger partial charge in [0, 0.05) is 6.04 Å². The third-order valence-electron chi connectivity index (χ3n) is 3.04. The van der Waals surface area contributed by atoms with E-state index in [-0.39, 0.29) is 6.04 Å². The van der Waals surface area contributed by atoms with Crippen molar-refractivity contribution in [1.29, 1.82) is 0 Å². The molecule has 1 saturated heterocycles. The van der Waals surface area contributed by atoms with Crippen LogP contribution in [0.15, 0.2) is 29.2 Å². The first-order valence-corrected chi connectivity index (χ1v) is 7.59. The second-order valence-corrected chi connectivity index (χ2v) is 6.95. The molecular formula is C11H14F5NS. The molecule has 1 N–H and O–H groups in total. The Morgan fingerprint density at radius 2 is 1.56 bits per heavy atom. The van der Waals surface area contributed by atoms with Gasteiger partial charge in [-0.1, -0.05) is 38.0 Å². The number of rotatable bonds is 2. The Balaban J connectivity index is 2.26. The molecule has 1 aromatic carbocycles. The van der Waals surface area contributed by atoms with Crippen LogP contribution in [0.3, 0.4) is 0 Å². The van der Waals surface area contributed by atoms with E-state index >= 15 is 0 Å². The van der Waals surface area contributed by atoms with E-state index in [1.165, 1.54) is 0 Å². The average Bonchev–Trinajstić information content (AvgIpc) is 2.28. The van der Waals surface area contributed by atoms with E-state index in [1.54, 1.807) is 0 Å². The molecule has 18 heavy (non-hydrogen) atoms. The summed E-state index contributed by atoms with van der Waals surface area (Å²) in [4.78, 5) is -1.82. The Hall–Kier alpha value is -0.820. The number of hydrogen-bond acceptors (Lipinski definition) is 1. The molecule has 7 heteroatoms. The molecule has 1 aromatic rings. The van der Waals surface area contributed by atoms with Gasteiger partial charge in [-0.25, -0.2) is 0 Å². The van der Waals surface area contributed by atoms with Gasteiger partial charge in [0.2, 0.25) is 0 Å². The predicted molar refractivity (Wildman–Crippen MR) is 62.4 cm³/mol. The highest BCUT2D eigenvalue weighted by Gasteiger charge is 2.65. The lowest BCUT2D eigenvalue weighted by molar-refractivity contribution is 0.363. The van der Waals surface area contributed by atoms with E-state index in [1.807, 2.05) is 0 Å². The van der Waals surface area contributed by atoms with Crippen LogP contribution < -0.4 is 5.32 Å². The molecule has 1 heterocycles. The largest absolute Gasteiger partial charge is 0.310 e. The molecule has 104 valence electrons. The van der Waals surface area contributed by atoms with Gasteiger partial charge < -0.3 is 5.32 Å². The van der Waals surface area contributed by atoms with E-state index < -0.39 is 15.1 Å². The summed E-state index contributed by atoms with van der Waals surface area (Å²) in [6.07, 6.45) is 2.83. The molecule has 0 amide bonds. The highest BCUT2D eigenvalue weighted by atomic mass is 32.5. The van der Waals surface area contributed by atoms with Gasteiger partial charge >= 0.3 is 10.2 Å². The zero-order chi connectivity index (χ0) is 13.5. The van der Waals surface area contributed by atoms with Crippen molar-refractivity contribution in [2.75, 3.05) is 6.54 Å². The molecule has 0 spiro atoms. The van der Waals surface area contributed by atoms with Gasteiger partial charge in [-0.05, 0) is 37.1 Å². The van der Waals surface area contributed by atoms with Crippen LogP contribution in [-0.2, 0) is 0 Å². The van der Waals surface area contributed by atoms with Crippen molar-refractivity contribution in [2.24, 2.45) is 0 Å². The first-order valence-electron chi connectivity index (χ1n) is 5.64. The van der Waals surface area contributed by atoms with Crippen LogP contribution in [0.5, 0.6) is 0 Å². The fourth-order valence-corrected chi connectivity index (χ4v) is 2.74. The molecule has 1 fully saturated rings. The summed E-state index contributed by atoms with van der Waals surface area (Å²) in [7, 11) is -9.53. The Morgan fingerprint density at radius 1 is 0.944 bits per heavy atom. The van der Waals surface area contributed by atoms with Gasteiger partial charge in [-0.3, -0.25) is 0 Å². The van der Waals surface area contributed by atoms with E-state index in [2.05, 4.69) is 5.32 Å². The molecule has 0 bridgehead atoms. The quantitative estimate of drug-likeness (QED) is 0.741. The van der Waals surface area contributed by atoms with Gasteiger partial charge in [0.25, 0.3) is 0 Å². The lowest BCUT2D eigenvalue weighted by atomic mass is 9.98. The molecule has 1 atom stereocenters. The van der Waals surface area contributed by atoms with Crippen LogP contribution in [-0.4, -0.2) is 6.54 Å². The van der Waals surface area contributed by atoms with Crippen LogP contribution in [0.25, 0.3) is 0 Å². The van der Waals surface area contributed by atoms with Crippen molar-refractivity contribution < 1.29 is 19.4 Å². The molecule has 0 radical (unpaired) electrons. The van der Waals surface area contributed by atoms with Gasteiger partial charge in [0.15, 0.2) is 0 Å². The summed E-state index contributed by atoms with van der Waals surface area (Å²) in [5.41, 5.74) is 0.625. The molecule has 1 nitrogen and oxygen atoms in total. The molecule has 1 aliphatic heterocycles. The lowest BCUT2D eigenvalue weighted by Gasteiger charge is -2.40. The zero-order valence-electron chi connectivity index (χ0n) is 9.51. The highest BCUT2D eigenvalue weighted by molar-refractivity contribution is 8.45. The van der Waals surface area contributed by atoms with E-state index in [0.717, 1.165) is 37.9 Å². The summed E-state index contributed by atoms with van der Waals surface area (Å²) in [6.45, 7) is 0.800. The third-order valence-corrected chi connectivity index (χ3v) is 4.20. The minimum atomic E-state index is -9.53. The third kappa shape index (κ3) is 3.14. The molecule has 0 saturated carbocycles. The second-order valence-electron chi connectivity index (χ2n) is 4.54. The van der Waals surface area contributed by atoms with E-state index in [0.29, 0.717) is 17.7 Å². The highest BCUT2D eigenvalue weighted by Crippen LogP contribution is 3.02. The van der Waals surface area contributed by atoms with Crippen molar-refractivity contribution in [2.45, 2.75) is 30.2 Å². The molecule has 1 aliphatic rings. The Bertz CT molecular complexity index is 432. The predicted octanol–water partition coefficient (Wildman–Crippen LogP) is 5.16. The first kappa shape index (κ1) is 13.6. The van der Waals surface area contributed by atoms with Crippen LogP contribution >= 0.6 is 10.2 Å². The van der Waals surface area contributed by atoms with Crippen molar-refractivity contribution in [3.05, 3.63) is 29.8 Å². The van der Waals surface area contributed by atoms with Crippen molar-refractivity contribution in [1.82, 2.24) is 5.32 Å². The number of halogens is 5. The molecule has 0 aliphatic carbocycles. The normalized spacial score (nSPS) is 25.3. The summed E-state index contributed by atoms with van der Waals surface area (Å²) in [5, 5.41) is 3.15. The topological polar surface area (TPSA) is 12.0 Å². The standard InChI is InChI=1S/C11H14F5NS/c12-18(13,14,15,16)10-6-4-9(5-7-10)11-3-1-2-8-17-11/h4-7,11,17H,1-3,8H2/t11-/m1/s1. The second kappa shape index (κ2) is 3.60. The van der Waals surface area contributed by atoms with E-state index in [9.17, 15) is 19.4 Å². The fraction of sp³-hybridized carbons (Fsp3) is 0.455. The summed E-state index contributed by atoms with van der Waals surface area (Å²) in [6, 6.07) is 3.19. The Kier molecular flexibility index (Phi) is 2.72. The first-order chi connectivity index (χ1) is 8.06. The zero-order valence-corrected chi connectivity index (χ0v) is 10.3. The van der Waals surface area contributed by atoms with E-state index in [4.69, 9.17) is 0 Å². The SMILES string of the molecule is FS(F)(F)(F)(F)c1ccc([C@H]2CCCCN2)cc1. The number of nitrogens with one attached hydrogen (secondary N) is 1. The van der Waals surface area contributed by atoms with Crippen LogP contribution in [0.1, 0.15) is 30.9 Å². The molecular weight excluding hydrogens is 273 g/mol. The monoisotopic (exact) mass is 287 g/mol. The number of hydrogen-bond donors (Lipinski definition) is 1. The Labute approximate surface area is 102 Å². The molecule has 0 unspecified atom stereocenters. The van der Waals surface area contributed by atoms with Gasteiger partial charge in [-0.15, -0.1) is 0 Å². The maximum absolute atomic E-state index is 12.5. The van der Waals surface area contributed by atoms with Gasteiger partial charge in [-0.2, -0.15) is 0 Å². The van der Waals surface area contributed by atoms with Crippen molar-refractivity contribution >= 4 is 10.2 Å². The molecule has 2 rings (SSSR count). The number of benzene rings is 1. The maximum Gasteiger partial charge on any atom is 0.310 e. The summed E-state index contributed by atoms with van der Waals surface area (Å²) in [5.74, 6) is 0. The molecule has 0 aromatic heterocycles. The van der Waals surface area contributed by atoms with Gasteiger partial charge in [0.1, 0.15) is 4.90 Å². The minimum absolute atomic E-state index is 0.0358. The minimum Gasteiger partial charge on any atom is -0.310 e. The average molecular weight is 287 g/mol. The van der Waals surface area contributed by atoms with Crippen molar-refractivity contribution in [3.8, 4) is 0 Å². The fourth-order valence-electron chi connectivity index (χ4n) is 2.09. The Morgan fingerprint density at radius 3 is 2.00 bits per heavy atom. The lowest BCUT2D eigenvalue weighted by Crippen LogP contribution is -2.26. The number of piperidine rings is 1.